The zero-order chi connectivity index (χ0) is 14.1. The van der Waals surface area contributed by atoms with E-state index in [2.05, 4.69) is 50.4 Å². The minimum atomic E-state index is -0.123. The molecule has 0 radical (unpaired) electrons. The largest absolute Gasteiger partial charge is 0.306 e. The Morgan fingerprint density at radius 2 is 1.89 bits per heavy atom. The summed E-state index contributed by atoms with van der Waals surface area (Å²) in [6, 6.07) is 10.5. The van der Waals surface area contributed by atoms with Crippen LogP contribution in [0, 0.1) is 5.92 Å². The Morgan fingerprint density at radius 3 is 2.42 bits per heavy atom. The normalized spacial score (nSPS) is 16.0. The molecule has 2 unspecified atom stereocenters. The van der Waals surface area contributed by atoms with Crippen molar-refractivity contribution in [2.24, 2.45) is 5.92 Å². The van der Waals surface area contributed by atoms with E-state index in [9.17, 15) is 0 Å². The summed E-state index contributed by atoms with van der Waals surface area (Å²) < 4.78 is 0. The van der Waals surface area contributed by atoms with Gasteiger partial charge in [0.2, 0.25) is 0 Å². The van der Waals surface area contributed by atoms with Gasteiger partial charge in [0.15, 0.2) is 0 Å². The molecule has 0 aliphatic heterocycles. The lowest BCUT2D eigenvalue weighted by Gasteiger charge is -2.31. The Hall–Kier alpha value is -0.530. The SMILES string of the molecule is CCCCC(CC)CNC(C)(CCl)c1ccccc1. The molecule has 0 aliphatic rings. The molecule has 0 amide bonds. The van der Waals surface area contributed by atoms with E-state index in [0.717, 1.165) is 12.5 Å². The van der Waals surface area contributed by atoms with E-state index in [1.165, 1.54) is 31.2 Å². The lowest BCUT2D eigenvalue weighted by atomic mass is 9.92. The number of halogens is 1. The molecule has 19 heavy (non-hydrogen) atoms. The van der Waals surface area contributed by atoms with E-state index in [0.29, 0.717) is 5.88 Å². The summed E-state index contributed by atoms with van der Waals surface area (Å²) in [7, 11) is 0. The summed E-state index contributed by atoms with van der Waals surface area (Å²) in [5.74, 6) is 1.35. The first-order chi connectivity index (χ1) is 9.16. The van der Waals surface area contributed by atoms with Crippen LogP contribution in [0.2, 0.25) is 0 Å². The van der Waals surface area contributed by atoms with Crippen LogP contribution in [0.4, 0.5) is 0 Å². The van der Waals surface area contributed by atoms with Gasteiger partial charge in [0.05, 0.1) is 5.54 Å². The van der Waals surface area contributed by atoms with Gasteiger partial charge >= 0.3 is 0 Å². The molecule has 0 spiro atoms. The standard InChI is InChI=1S/C17H28ClN/c1-4-6-10-15(5-2)13-19-17(3,14-18)16-11-8-7-9-12-16/h7-9,11-12,15,19H,4-6,10,13-14H2,1-3H3. The van der Waals surface area contributed by atoms with Gasteiger partial charge in [0.1, 0.15) is 0 Å². The van der Waals surface area contributed by atoms with Crippen molar-refractivity contribution >= 4 is 11.6 Å². The Bertz CT molecular complexity index is 338. The number of hydrogen-bond donors (Lipinski definition) is 1. The zero-order valence-electron chi connectivity index (χ0n) is 12.6. The van der Waals surface area contributed by atoms with Crippen molar-refractivity contribution in [1.82, 2.24) is 5.32 Å². The first-order valence-electron chi connectivity index (χ1n) is 7.52. The van der Waals surface area contributed by atoms with Crippen LogP contribution in [0.25, 0.3) is 0 Å². The molecule has 0 saturated carbocycles. The number of unbranched alkanes of at least 4 members (excludes halogenated alkanes) is 1. The smallest absolute Gasteiger partial charge is 0.0543 e. The molecule has 0 saturated heterocycles. The maximum absolute atomic E-state index is 6.21. The fourth-order valence-corrected chi connectivity index (χ4v) is 2.59. The highest BCUT2D eigenvalue weighted by atomic mass is 35.5. The Kier molecular flexibility index (Phi) is 7.48. The van der Waals surface area contributed by atoms with Crippen LogP contribution in [0.3, 0.4) is 0 Å². The molecule has 1 aromatic carbocycles. The maximum Gasteiger partial charge on any atom is 0.0543 e. The van der Waals surface area contributed by atoms with Crippen LogP contribution in [0.1, 0.15) is 52.0 Å². The van der Waals surface area contributed by atoms with Gasteiger partial charge in [-0.15, -0.1) is 11.6 Å². The minimum Gasteiger partial charge on any atom is -0.306 e. The van der Waals surface area contributed by atoms with Crippen molar-refractivity contribution in [1.29, 1.82) is 0 Å². The number of rotatable bonds is 9. The van der Waals surface area contributed by atoms with E-state index < -0.39 is 0 Å². The highest BCUT2D eigenvalue weighted by molar-refractivity contribution is 6.18. The molecular weight excluding hydrogens is 254 g/mol. The molecule has 1 rings (SSSR count). The quantitative estimate of drug-likeness (QED) is 0.632. The van der Waals surface area contributed by atoms with Gasteiger partial charge in [0.25, 0.3) is 0 Å². The van der Waals surface area contributed by atoms with Crippen molar-refractivity contribution in [3.05, 3.63) is 35.9 Å². The Morgan fingerprint density at radius 1 is 1.21 bits per heavy atom. The van der Waals surface area contributed by atoms with Gasteiger partial charge in [-0.3, -0.25) is 0 Å². The van der Waals surface area contributed by atoms with Gasteiger partial charge in [-0.1, -0.05) is 63.4 Å². The third-order valence-electron chi connectivity index (χ3n) is 4.00. The van der Waals surface area contributed by atoms with Crippen molar-refractivity contribution < 1.29 is 0 Å². The predicted octanol–water partition coefficient (Wildman–Crippen LogP) is 4.95. The Balaban J connectivity index is 2.61. The Labute approximate surface area is 123 Å². The summed E-state index contributed by atoms with van der Waals surface area (Å²) in [5.41, 5.74) is 1.15. The van der Waals surface area contributed by atoms with Crippen molar-refractivity contribution in [3.63, 3.8) is 0 Å². The van der Waals surface area contributed by atoms with E-state index in [-0.39, 0.29) is 5.54 Å². The molecule has 0 heterocycles. The van der Waals surface area contributed by atoms with Crippen LogP contribution in [-0.4, -0.2) is 12.4 Å². The molecule has 0 bridgehead atoms. The van der Waals surface area contributed by atoms with E-state index >= 15 is 0 Å². The highest BCUT2D eigenvalue weighted by Gasteiger charge is 2.25. The van der Waals surface area contributed by atoms with Gasteiger partial charge in [-0.2, -0.15) is 0 Å². The minimum absolute atomic E-state index is 0.123. The molecule has 1 nitrogen and oxygen atoms in total. The number of benzene rings is 1. The lowest BCUT2D eigenvalue weighted by molar-refractivity contribution is 0.337. The van der Waals surface area contributed by atoms with Crippen molar-refractivity contribution in [3.8, 4) is 0 Å². The molecular formula is C17H28ClN. The number of hydrogen-bond acceptors (Lipinski definition) is 1. The summed E-state index contributed by atoms with van der Waals surface area (Å²) in [6.07, 6.45) is 5.15. The van der Waals surface area contributed by atoms with Crippen LogP contribution >= 0.6 is 11.6 Å². The monoisotopic (exact) mass is 281 g/mol. The second kappa shape index (κ2) is 8.60. The summed E-state index contributed by atoms with van der Waals surface area (Å²) in [6.45, 7) is 7.78. The van der Waals surface area contributed by atoms with Crippen molar-refractivity contribution in [2.75, 3.05) is 12.4 Å². The van der Waals surface area contributed by atoms with E-state index in [1.807, 2.05) is 6.07 Å². The topological polar surface area (TPSA) is 12.0 Å². The van der Waals surface area contributed by atoms with Gasteiger partial charge in [-0.25, -0.2) is 0 Å². The molecule has 2 atom stereocenters. The number of alkyl halides is 1. The zero-order valence-corrected chi connectivity index (χ0v) is 13.3. The van der Waals surface area contributed by atoms with Crippen molar-refractivity contribution in [2.45, 2.75) is 52.0 Å². The predicted molar refractivity (Wildman–Crippen MR) is 85.8 cm³/mol. The molecule has 0 fully saturated rings. The fraction of sp³-hybridized carbons (Fsp3) is 0.647. The van der Waals surface area contributed by atoms with Crippen LogP contribution in [0.5, 0.6) is 0 Å². The molecule has 2 heteroatoms. The second-order valence-electron chi connectivity index (χ2n) is 5.63. The second-order valence-corrected chi connectivity index (χ2v) is 5.90. The van der Waals surface area contributed by atoms with E-state index in [4.69, 9.17) is 11.6 Å². The average Bonchev–Trinajstić information content (AvgIpc) is 2.48. The molecule has 0 aliphatic carbocycles. The third-order valence-corrected chi connectivity index (χ3v) is 4.54. The highest BCUT2D eigenvalue weighted by Crippen LogP contribution is 2.23. The fourth-order valence-electron chi connectivity index (χ4n) is 2.35. The number of nitrogens with one attached hydrogen (secondary N) is 1. The molecule has 1 aromatic rings. The van der Waals surface area contributed by atoms with Crippen LogP contribution in [0.15, 0.2) is 30.3 Å². The molecule has 108 valence electrons. The average molecular weight is 282 g/mol. The summed E-state index contributed by atoms with van der Waals surface area (Å²) in [4.78, 5) is 0. The lowest BCUT2D eigenvalue weighted by Crippen LogP contribution is -2.43. The first kappa shape index (κ1) is 16.5. The van der Waals surface area contributed by atoms with Gasteiger partial charge in [0, 0.05) is 5.88 Å². The maximum atomic E-state index is 6.21. The van der Waals surface area contributed by atoms with Crippen LogP contribution in [-0.2, 0) is 5.54 Å². The molecule has 1 N–H and O–H groups in total. The summed E-state index contributed by atoms with van der Waals surface area (Å²) in [5, 5.41) is 3.69. The van der Waals surface area contributed by atoms with Gasteiger partial charge in [-0.05, 0) is 31.4 Å². The van der Waals surface area contributed by atoms with Gasteiger partial charge < -0.3 is 5.32 Å². The van der Waals surface area contributed by atoms with E-state index in [1.54, 1.807) is 0 Å². The third kappa shape index (κ3) is 5.16. The molecule has 0 aromatic heterocycles. The summed E-state index contributed by atoms with van der Waals surface area (Å²) >= 11 is 6.21. The first-order valence-corrected chi connectivity index (χ1v) is 8.06. The van der Waals surface area contributed by atoms with Crippen LogP contribution < -0.4 is 5.32 Å².